The molecule has 1 atom stereocenters. The summed E-state index contributed by atoms with van der Waals surface area (Å²) in [5.41, 5.74) is 0.767. The van der Waals surface area contributed by atoms with Crippen LogP contribution in [0.25, 0.3) is 0 Å². The van der Waals surface area contributed by atoms with Crippen LogP contribution >= 0.6 is 38.9 Å². The van der Waals surface area contributed by atoms with Gasteiger partial charge in [0.2, 0.25) is 0 Å². The maximum Gasteiger partial charge on any atom is 0.333 e. The van der Waals surface area contributed by atoms with Crippen LogP contribution in [0.15, 0.2) is 40.2 Å². The van der Waals surface area contributed by atoms with E-state index in [9.17, 15) is 4.79 Å². The van der Waals surface area contributed by atoms with Gasteiger partial charge in [0.05, 0.1) is 12.0 Å². The zero-order valence-electron chi connectivity index (χ0n) is 10.0. The molecule has 6 heteroatoms. The lowest BCUT2D eigenvalue weighted by Gasteiger charge is -2.17. The molecular formula is C13H11BrClNO2S. The molecule has 0 amide bonds. The van der Waals surface area contributed by atoms with Crippen LogP contribution in [-0.2, 0) is 9.53 Å². The van der Waals surface area contributed by atoms with Gasteiger partial charge in [-0.25, -0.2) is 4.79 Å². The summed E-state index contributed by atoms with van der Waals surface area (Å²) in [5.74, 6) is -0.344. The third-order valence-electron chi connectivity index (χ3n) is 2.48. The second kappa shape index (κ2) is 6.41. The Bertz CT molecular complexity index is 588. The maximum atomic E-state index is 11.9. The lowest BCUT2D eigenvalue weighted by Crippen LogP contribution is -2.21. The van der Waals surface area contributed by atoms with E-state index < -0.39 is 6.04 Å². The average Bonchev–Trinajstić information content (AvgIpc) is 2.81. The summed E-state index contributed by atoms with van der Waals surface area (Å²) in [5, 5.41) is 5.66. The molecule has 0 saturated carbocycles. The molecular weight excluding hydrogens is 350 g/mol. The molecule has 0 saturated heterocycles. The number of hydrogen-bond acceptors (Lipinski definition) is 4. The summed E-state index contributed by atoms with van der Waals surface area (Å²) in [4.78, 5) is 12.8. The quantitative estimate of drug-likeness (QED) is 0.816. The van der Waals surface area contributed by atoms with Crippen LogP contribution in [0, 0.1) is 0 Å². The number of anilines is 1. The number of halogens is 2. The molecule has 0 radical (unpaired) electrons. The van der Waals surface area contributed by atoms with Gasteiger partial charge in [0.15, 0.2) is 6.04 Å². The van der Waals surface area contributed by atoms with Gasteiger partial charge in [0.25, 0.3) is 0 Å². The minimum Gasteiger partial charge on any atom is -0.467 e. The van der Waals surface area contributed by atoms with Crippen LogP contribution < -0.4 is 5.32 Å². The Morgan fingerprint density at radius 1 is 1.47 bits per heavy atom. The summed E-state index contributed by atoms with van der Waals surface area (Å²) >= 11 is 10.8. The molecule has 0 spiro atoms. The van der Waals surface area contributed by atoms with Crippen LogP contribution in [0.1, 0.15) is 10.9 Å². The highest BCUT2D eigenvalue weighted by Gasteiger charge is 2.24. The van der Waals surface area contributed by atoms with Crippen molar-refractivity contribution in [2.45, 2.75) is 6.04 Å². The van der Waals surface area contributed by atoms with Gasteiger partial charge in [-0.3, -0.25) is 0 Å². The summed E-state index contributed by atoms with van der Waals surface area (Å²) < 4.78 is 5.72. The molecule has 1 aromatic heterocycles. The summed E-state index contributed by atoms with van der Waals surface area (Å²) in [6.45, 7) is 0. The number of nitrogens with one attached hydrogen (secondary N) is 1. The fraction of sp³-hybridized carbons (Fsp3) is 0.154. The molecule has 0 fully saturated rings. The van der Waals surface area contributed by atoms with Gasteiger partial charge in [-0.1, -0.05) is 17.7 Å². The molecule has 0 aliphatic heterocycles. The maximum absolute atomic E-state index is 11.9. The van der Waals surface area contributed by atoms with Crippen molar-refractivity contribution in [3.8, 4) is 0 Å². The normalized spacial score (nSPS) is 11.9. The minimum absolute atomic E-state index is 0.344. The third-order valence-corrected chi connectivity index (χ3v) is 4.65. The monoisotopic (exact) mass is 359 g/mol. The van der Waals surface area contributed by atoms with E-state index in [0.29, 0.717) is 5.02 Å². The van der Waals surface area contributed by atoms with Gasteiger partial charge in [-0.2, -0.15) is 0 Å². The fourth-order valence-electron chi connectivity index (χ4n) is 1.61. The Morgan fingerprint density at radius 2 is 2.26 bits per heavy atom. The van der Waals surface area contributed by atoms with Crippen molar-refractivity contribution < 1.29 is 9.53 Å². The lowest BCUT2D eigenvalue weighted by molar-refractivity contribution is -0.141. The lowest BCUT2D eigenvalue weighted by atomic mass is 10.2. The number of ether oxygens (including phenoxy) is 1. The van der Waals surface area contributed by atoms with Gasteiger partial charge >= 0.3 is 5.97 Å². The molecule has 1 heterocycles. The highest BCUT2D eigenvalue weighted by Crippen LogP contribution is 2.32. The van der Waals surface area contributed by atoms with Gasteiger partial charge in [0.1, 0.15) is 0 Å². The number of hydrogen-bond donors (Lipinski definition) is 1. The van der Waals surface area contributed by atoms with Crippen molar-refractivity contribution in [3.05, 3.63) is 50.1 Å². The third kappa shape index (κ3) is 3.49. The number of benzene rings is 1. The molecule has 0 bridgehead atoms. The van der Waals surface area contributed by atoms with E-state index in [1.807, 2.05) is 23.6 Å². The van der Waals surface area contributed by atoms with Crippen LogP contribution in [0.2, 0.25) is 5.02 Å². The van der Waals surface area contributed by atoms with E-state index in [1.165, 1.54) is 18.4 Å². The zero-order chi connectivity index (χ0) is 13.8. The molecule has 1 N–H and O–H groups in total. The Balaban J connectivity index is 2.29. The Kier molecular flexibility index (Phi) is 4.85. The molecule has 100 valence electrons. The fourth-order valence-corrected chi connectivity index (χ4v) is 3.44. The number of methoxy groups -OCH3 is 1. The van der Waals surface area contributed by atoms with Crippen molar-refractivity contribution in [3.63, 3.8) is 0 Å². The van der Waals surface area contributed by atoms with Gasteiger partial charge in [-0.15, -0.1) is 11.3 Å². The van der Waals surface area contributed by atoms with E-state index in [1.54, 1.807) is 12.1 Å². The number of carbonyl (C=O) groups excluding carboxylic acids is 1. The first-order valence-electron chi connectivity index (χ1n) is 5.44. The summed E-state index contributed by atoms with van der Waals surface area (Å²) in [6.07, 6.45) is 0. The predicted molar refractivity (Wildman–Crippen MR) is 81.9 cm³/mol. The molecule has 2 rings (SSSR count). The zero-order valence-corrected chi connectivity index (χ0v) is 13.2. The highest BCUT2D eigenvalue weighted by atomic mass is 79.9. The predicted octanol–water partition coefficient (Wildman–Crippen LogP) is 4.49. The van der Waals surface area contributed by atoms with E-state index in [2.05, 4.69) is 21.2 Å². The average molecular weight is 361 g/mol. The van der Waals surface area contributed by atoms with E-state index in [-0.39, 0.29) is 5.97 Å². The summed E-state index contributed by atoms with van der Waals surface area (Å²) in [6, 6.07) is 8.55. The van der Waals surface area contributed by atoms with Crippen LogP contribution in [0.3, 0.4) is 0 Å². The smallest absolute Gasteiger partial charge is 0.333 e. The minimum atomic E-state index is -0.558. The van der Waals surface area contributed by atoms with Crippen molar-refractivity contribution in [1.29, 1.82) is 0 Å². The van der Waals surface area contributed by atoms with Crippen LogP contribution in [0.5, 0.6) is 0 Å². The van der Waals surface area contributed by atoms with Crippen LogP contribution in [-0.4, -0.2) is 13.1 Å². The standard InChI is InChI=1S/C13H11BrClNO2S/c1-18-13(17)11(12-10(14)5-6-19-12)16-9-4-2-3-8(15)7-9/h2-7,11,16H,1H3. The molecule has 0 aliphatic carbocycles. The van der Waals surface area contributed by atoms with Crippen molar-refractivity contribution in [2.75, 3.05) is 12.4 Å². The van der Waals surface area contributed by atoms with E-state index >= 15 is 0 Å². The second-order valence-electron chi connectivity index (χ2n) is 3.74. The van der Waals surface area contributed by atoms with Crippen LogP contribution in [0.4, 0.5) is 5.69 Å². The molecule has 2 aromatic rings. The number of thiophene rings is 1. The molecule has 3 nitrogen and oxygen atoms in total. The van der Waals surface area contributed by atoms with Gasteiger partial charge in [0, 0.05) is 15.2 Å². The molecule has 19 heavy (non-hydrogen) atoms. The topological polar surface area (TPSA) is 38.3 Å². The summed E-state index contributed by atoms with van der Waals surface area (Å²) in [7, 11) is 1.37. The SMILES string of the molecule is COC(=O)C(Nc1cccc(Cl)c1)c1sccc1Br. The highest BCUT2D eigenvalue weighted by molar-refractivity contribution is 9.10. The number of carbonyl (C=O) groups is 1. The molecule has 1 unspecified atom stereocenters. The van der Waals surface area contributed by atoms with Gasteiger partial charge in [-0.05, 0) is 45.6 Å². The second-order valence-corrected chi connectivity index (χ2v) is 5.98. The van der Waals surface area contributed by atoms with E-state index in [4.69, 9.17) is 16.3 Å². The first-order valence-corrected chi connectivity index (χ1v) is 7.49. The Hall–Kier alpha value is -1.04. The van der Waals surface area contributed by atoms with E-state index in [0.717, 1.165) is 15.0 Å². The number of rotatable bonds is 4. The number of esters is 1. The Morgan fingerprint density at radius 3 is 2.84 bits per heavy atom. The largest absolute Gasteiger partial charge is 0.467 e. The molecule has 0 aliphatic rings. The Labute approximate surface area is 128 Å². The van der Waals surface area contributed by atoms with Gasteiger partial charge < -0.3 is 10.1 Å². The van der Waals surface area contributed by atoms with Crippen molar-refractivity contribution >= 4 is 50.5 Å². The van der Waals surface area contributed by atoms with Crippen molar-refractivity contribution in [1.82, 2.24) is 0 Å². The first kappa shape index (κ1) is 14.4. The first-order chi connectivity index (χ1) is 9.11. The molecule has 1 aromatic carbocycles. The van der Waals surface area contributed by atoms with Crippen molar-refractivity contribution in [2.24, 2.45) is 0 Å².